The number of benzene rings is 2. The van der Waals surface area contributed by atoms with Crippen LogP contribution in [0.3, 0.4) is 0 Å². The summed E-state index contributed by atoms with van der Waals surface area (Å²) >= 11 is 0. The van der Waals surface area contributed by atoms with Crippen LogP contribution < -0.4 is 14.8 Å². The molecule has 0 radical (unpaired) electrons. The number of aromatic amines is 1. The lowest BCUT2D eigenvalue weighted by atomic mass is 9.77. The molecule has 1 aliphatic heterocycles. The zero-order chi connectivity index (χ0) is 31.9. The van der Waals surface area contributed by atoms with E-state index in [2.05, 4.69) is 16.4 Å². The van der Waals surface area contributed by atoms with Crippen molar-refractivity contribution in [2.45, 2.75) is 69.3 Å². The van der Waals surface area contributed by atoms with Gasteiger partial charge in [-0.2, -0.15) is 0 Å². The fraction of sp³-hybridized carbons (Fsp3) is 0.500. The SMILES string of the molecule is COc1cc(CO)cc2c1O[C@@H]1[C@@H](O)[C@H](N(CCc3cc4ccccc4[nH]3)C(=O)CC3CC4CCC3C4)C=C(C(=O)NCCO)[C@H]21. The average Bonchev–Trinajstić information content (AvgIpc) is 3.87. The predicted octanol–water partition coefficient (Wildman–Crippen LogP) is 3.19. The Morgan fingerprint density at radius 2 is 1.98 bits per heavy atom. The van der Waals surface area contributed by atoms with E-state index in [-0.39, 0.29) is 25.7 Å². The summed E-state index contributed by atoms with van der Waals surface area (Å²) in [7, 11) is 1.51. The maximum Gasteiger partial charge on any atom is 0.247 e. The van der Waals surface area contributed by atoms with Crippen LogP contribution in [0.2, 0.25) is 0 Å². The van der Waals surface area contributed by atoms with Crippen molar-refractivity contribution in [3.05, 3.63) is 70.9 Å². The average molecular weight is 630 g/mol. The molecule has 2 fully saturated rings. The quantitative estimate of drug-likeness (QED) is 0.219. The van der Waals surface area contributed by atoms with Crippen LogP contribution in [0.4, 0.5) is 0 Å². The summed E-state index contributed by atoms with van der Waals surface area (Å²) in [6.45, 7) is -0.0608. The van der Waals surface area contributed by atoms with Gasteiger partial charge in [0.15, 0.2) is 11.5 Å². The molecule has 46 heavy (non-hydrogen) atoms. The number of ether oxygens (including phenoxy) is 2. The Kier molecular flexibility index (Phi) is 8.52. The third-order valence-electron chi connectivity index (χ3n) is 10.7. The number of hydrogen-bond acceptors (Lipinski definition) is 7. The highest BCUT2D eigenvalue weighted by molar-refractivity contribution is 5.96. The van der Waals surface area contributed by atoms with E-state index in [4.69, 9.17) is 9.47 Å². The zero-order valence-electron chi connectivity index (χ0n) is 26.2. The van der Waals surface area contributed by atoms with E-state index in [1.165, 1.54) is 26.4 Å². The smallest absolute Gasteiger partial charge is 0.247 e. The van der Waals surface area contributed by atoms with Gasteiger partial charge in [-0.25, -0.2) is 0 Å². The maximum atomic E-state index is 14.3. The van der Waals surface area contributed by atoms with Crippen molar-refractivity contribution in [2.24, 2.45) is 17.8 Å². The third-order valence-corrected chi connectivity index (χ3v) is 10.7. The first-order valence-corrected chi connectivity index (χ1v) is 16.5. The van der Waals surface area contributed by atoms with Crippen molar-refractivity contribution < 1.29 is 34.4 Å². The van der Waals surface area contributed by atoms with Crippen molar-refractivity contribution in [3.63, 3.8) is 0 Å². The van der Waals surface area contributed by atoms with Gasteiger partial charge in [0.25, 0.3) is 0 Å². The lowest BCUT2D eigenvalue weighted by Crippen LogP contribution is -2.56. The van der Waals surface area contributed by atoms with E-state index in [0.29, 0.717) is 65.3 Å². The summed E-state index contributed by atoms with van der Waals surface area (Å²) in [6, 6.07) is 12.8. The molecule has 2 heterocycles. The Hall–Kier alpha value is -3.86. The van der Waals surface area contributed by atoms with E-state index in [0.717, 1.165) is 23.0 Å². The molecular weight excluding hydrogens is 586 g/mol. The second-order valence-electron chi connectivity index (χ2n) is 13.4. The molecule has 5 N–H and O–H groups in total. The van der Waals surface area contributed by atoms with Crippen LogP contribution in [0, 0.1) is 17.8 Å². The largest absolute Gasteiger partial charge is 0.493 e. The summed E-state index contributed by atoms with van der Waals surface area (Å²) < 4.78 is 12.0. The third kappa shape index (κ3) is 5.56. The molecule has 0 saturated heterocycles. The minimum absolute atomic E-state index is 0.0295. The minimum atomic E-state index is -1.14. The Balaban J connectivity index is 1.25. The number of amides is 2. The first-order valence-electron chi connectivity index (χ1n) is 16.5. The van der Waals surface area contributed by atoms with Gasteiger partial charge in [-0.1, -0.05) is 24.6 Å². The number of carbonyl (C=O) groups excluding carboxylic acids is 2. The molecule has 10 nitrogen and oxygen atoms in total. The van der Waals surface area contributed by atoms with E-state index < -0.39 is 30.1 Å². The molecule has 2 amide bonds. The number of aliphatic hydroxyl groups is 3. The Bertz CT molecular complexity index is 1620. The number of aliphatic hydroxyl groups excluding tert-OH is 3. The topological polar surface area (TPSA) is 144 Å². The van der Waals surface area contributed by atoms with Gasteiger partial charge in [0.1, 0.15) is 12.2 Å². The second kappa shape index (κ2) is 12.7. The van der Waals surface area contributed by atoms with Crippen LogP contribution in [0.5, 0.6) is 11.5 Å². The Labute approximate surface area is 268 Å². The molecule has 4 aliphatic rings. The number of methoxy groups -OCH3 is 1. The molecular formula is C36H43N3O7. The highest BCUT2D eigenvalue weighted by Crippen LogP contribution is 2.52. The van der Waals surface area contributed by atoms with Gasteiger partial charge in [-0.05, 0) is 78.3 Å². The van der Waals surface area contributed by atoms with Crippen molar-refractivity contribution >= 4 is 22.7 Å². The van der Waals surface area contributed by atoms with Crippen LogP contribution in [-0.4, -0.2) is 82.1 Å². The van der Waals surface area contributed by atoms with Crippen LogP contribution >= 0.6 is 0 Å². The van der Waals surface area contributed by atoms with E-state index in [1.807, 2.05) is 24.3 Å². The molecule has 7 atom stereocenters. The number of fused-ring (bicyclic) bond motifs is 6. The molecule has 2 aromatic carbocycles. The van der Waals surface area contributed by atoms with Gasteiger partial charge in [0, 0.05) is 48.3 Å². The predicted molar refractivity (Wildman–Crippen MR) is 171 cm³/mol. The number of nitrogens with zero attached hydrogens (tertiary/aromatic N) is 1. The fourth-order valence-electron chi connectivity index (χ4n) is 8.54. The number of H-pyrrole nitrogens is 1. The first-order chi connectivity index (χ1) is 22.4. The highest BCUT2D eigenvalue weighted by Gasteiger charge is 2.52. The monoisotopic (exact) mass is 629 g/mol. The molecule has 3 unspecified atom stereocenters. The fourth-order valence-corrected chi connectivity index (χ4v) is 8.54. The molecule has 0 spiro atoms. The van der Waals surface area contributed by atoms with Crippen LogP contribution in [0.15, 0.2) is 54.1 Å². The van der Waals surface area contributed by atoms with Crippen molar-refractivity contribution in [2.75, 3.05) is 26.8 Å². The normalized spacial score (nSPS) is 27.6. The second-order valence-corrected chi connectivity index (χ2v) is 13.4. The zero-order valence-corrected chi connectivity index (χ0v) is 26.2. The van der Waals surface area contributed by atoms with Gasteiger partial charge in [0.05, 0.1) is 32.3 Å². The number of rotatable bonds is 11. The highest BCUT2D eigenvalue weighted by atomic mass is 16.5. The maximum absolute atomic E-state index is 14.3. The van der Waals surface area contributed by atoms with Gasteiger partial charge in [0.2, 0.25) is 11.8 Å². The van der Waals surface area contributed by atoms with Crippen molar-refractivity contribution in [1.82, 2.24) is 15.2 Å². The summed E-state index contributed by atoms with van der Waals surface area (Å²) in [5.41, 5.74) is 3.58. The van der Waals surface area contributed by atoms with Crippen molar-refractivity contribution in [1.29, 1.82) is 0 Å². The molecule has 2 saturated carbocycles. The molecule has 10 heteroatoms. The summed E-state index contributed by atoms with van der Waals surface area (Å²) in [5.74, 6) is 1.33. The number of para-hydroxylation sites is 1. The number of nitrogens with one attached hydrogen (secondary N) is 2. The van der Waals surface area contributed by atoms with Crippen molar-refractivity contribution in [3.8, 4) is 11.5 Å². The van der Waals surface area contributed by atoms with Gasteiger partial charge in [-0.15, -0.1) is 0 Å². The van der Waals surface area contributed by atoms with Crippen LogP contribution in [0.1, 0.15) is 54.8 Å². The number of hydrogen-bond donors (Lipinski definition) is 5. The van der Waals surface area contributed by atoms with Gasteiger partial charge < -0.3 is 40.0 Å². The Morgan fingerprint density at radius 3 is 2.70 bits per heavy atom. The summed E-state index contributed by atoms with van der Waals surface area (Å²) in [5, 5.41) is 35.3. The molecule has 3 aliphatic carbocycles. The number of aromatic nitrogens is 1. The Morgan fingerprint density at radius 1 is 1.13 bits per heavy atom. The molecule has 7 rings (SSSR count). The molecule has 2 bridgehead atoms. The van der Waals surface area contributed by atoms with E-state index >= 15 is 0 Å². The number of carbonyl (C=O) groups is 2. The lowest BCUT2D eigenvalue weighted by molar-refractivity contribution is -0.138. The van der Waals surface area contributed by atoms with Gasteiger partial charge in [-0.3, -0.25) is 9.59 Å². The standard InChI is InChI=1S/C36H43N3O7/c1-45-30-15-21(19-41)14-26-32-27(36(44)37-9-11-40)18-29(33(43)35(32)46-34(26)30)39(31(42)17-24-13-20-6-7-22(24)12-20)10-8-25-16-23-4-2-3-5-28(23)38-25/h2-5,14-16,18,20,22,24,29,32-33,35,38,40-41,43H,6-13,17,19H2,1H3,(H,37,44)/t20?,22?,24?,29-,32+,33+,35+/m1/s1. The summed E-state index contributed by atoms with van der Waals surface area (Å²) in [6.07, 6.45) is 5.36. The van der Waals surface area contributed by atoms with Gasteiger partial charge >= 0.3 is 0 Å². The minimum Gasteiger partial charge on any atom is -0.493 e. The first kappa shape index (κ1) is 30.8. The molecule has 1 aromatic heterocycles. The lowest BCUT2D eigenvalue weighted by Gasteiger charge is -2.41. The van der Waals surface area contributed by atoms with E-state index in [1.54, 1.807) is 23.1 Å². The molecule has 244 valence electrons. The van der Waals surface area contributed by atoms with Crippen LogP contribution in [-0.2, 0) is 22.6 Å². The molecule has 3 aromatic rings. The summed E-state index contributed by atoms with van der Waals surface area (Å²) in [4.78, 5) is 33.2. The van der Waals surface area contributed by atoms with E-state index in [9.17, 15) is 24.9 Å². The van der Waals surface area contributed by atoms with Crippen LogP contribution in [0.25, 0.3) is 10.9 Å².